The number of amides is 1. The Bertz CT molecular complexity index is 478. The molecule has 1 aromatic rings. The molecule has 1 aromatic carbocycles. The summed E-state index contributed by atoms with van der Waals surface area (Å²) in [7, 11) is 0. The van der Waals surface area contributed by atoms with Crippen molar-refractivity contribution in [2.75, 3.05) is 0 Å². The van der Waals surface area contributed by atoms with Gasteiger partial charge in [0.05, 0.1) is 12.6 Å². The molecule has 1 aliphatic heterocycles. The molecule has 0 radical (unpaired) electrons. The zero-order valence-electron chi connectivity index (χ0n) is 8.99. The number of nitrogens with zero attached hydrogens (tertiary/aromatic N) is 2. The lowest BCUT2D eigenvalue weighted by Crippen LogP contribution is -2.31. The van der Waals surface area contributed by atoms with E-state index in [1.165, 1.54) is 17.0 Å². The van der Waals surface area contributed by atoms with Gasteiger partial charge in [-0.05, 0) is 18.6 Å². The van der Waals surface area contributed by atoms with Crippen LogP contribution in [-0.4, -0.2) is 16.8 Å². The minimum absolute atomic E-state index is 0.0581. The normalized spacial score (nSPS) is 19.5. The number of hydrogen-bond acceptors (Lipinski definition) is 2. The van der Waals surface area contributed by atoms with Crippen LogP contribution in [0.5, 0.6) is 0 Å². The first-order valence-electron chi connectivity index (χ1n) is 5.25. The van der Waals surface area contributed by atoms with E-state index in [-0.39, 0.29) is 23.0 Å². The van der Waals surface area contributed by atoms with Crippen LogP contribution in [0.2, 0.25) is 5.02 Å². The second kappa shape index (κ2) is 4.72. The van der Waals surface area contributed by atoms with Crippen LogP contribution in [0.15, 0.2) is 18.2 Å². The van der Waals surface area contributed by atoms with Gasteiger partial charge in [-0.2, -0.15) is 5.26 Å². The molecule has 1 aliphatic rings. The summed E-state index contributed by atoms with van der Waals surface area (Å²) in [6.07, 6.45) is 0.839. The lowest BCUT2D eigenvalue weighted by atomic mass is 10.2. The van der Waals surface area contributed by atoms with E-state index in [2.05, 4.69) is 0 Å². The number of hydrogen-bond donors (Lipinski definition) is 0. The van der Waals surface area contributed by atoms with Gasteiger partial charge in [-0.25, -0.2) is 4.39 Å². The molecule has 2 rings (SSSR count). The largest absolute Gasteiger partial charge is 0.322 e. The maximum Gasteiger partial charge on any atom is 0.224 e. The van der Waals surface area contributed by atoms with Gasteiger partial charge in [0.2, 0.25) is 5.91 Å². The lowest BCUT2D eigenvalue weighted by molar-refractivity contribution is -0.128. The van der Waals surface area contributed by atoms with Gasteiger partial charge < -0.3 is 4.90 Å². The second-order valence-corrected chi connectivity index (χ2v) is 4.31. The molecule has 0 aromatic heterocycles. The number of benzene rings is 1. The van der Waals surface area contributed by atoms with Gasteiger partial charge in [-0.15, -0.1) is 0 Å². The highest BCUT2D eigenvalue weighted by atomic mass is 35.5. The predicted octanol–water partition coefficient (Wildman–Crippen LogP) is 2.49. The topological polar surface area (TPSA) is 44.1 Å². The smallest absolute Gasteiger partial charge is 0.224 e. The number of rotatable bonds is 2. The van der Waals surface area contributed by atoms with Crippen molar-refractivity contribution in [2.45, 2.75) is 25.4 Å². The molecule has 0 spiro atoms. The molecule has 1 amide bonds. The van der Waals surface area contributed by atoms with Crippen LogP contribution < -0.4 is 0 Å². The summed E-state index contributed by atoms with van der Waals surface area (Å²) in [5.74, 6) is -0.579. The zero-order valence-corrected chi connectivity index (χ0v) is 9.75. The Kier molecular flexibility index (Phi) is 3.30. The predicted molar refractivity (Wildman–Crippen MR) is 60.6 cm³/mol. The summed E-state index contributed by atoms with van der Waals surface area (Å²) < 4.78 is 13.6. The highest BCUT2D eigenvalue weighted by Gasteiger charge is 2.31. The van der Waals surface area contributed by atoms with Crippen LogP contribution in [-0.2, 0) is 11.3 Å². The van der Waals surface area contributed by atoms with Gasteiger partial charge in [0.25, 0.3) is 0 Å². The number of carbonyl (C=O) groups is 1. The zero-order chi connectivity index (χ0) is 12.4. The fourth-order valence-corrected chi connectivity index (χ4v) is 2.14. The molecule has 5 heteroatoms. The Morgan fingerprint density at radius 2 is 2.35 bits per heavy atom. The first-order valence-corrected chi connectivity index (χ1v) is 5.63. The highest BCUT2D eigenvalue weighted by Crippen LogP contribution is 2.26. The third kappa shape index (κ3) is 2.25. The summed E-state index contributed by atoms with van der Waals surface area (Å²) in [4.78, 5) is 13.0. The summed E-state index contributed by atoms with van der Waals surface area (Å²) in [5.41, 5.74) is 0.268. The van der Waals surface area contributed by atoms with Crippen LogP contribution in [0, 0.1) is 17.1 Å². The van der Waals surface area contributed by atoms with Gasteiger partial charge >= 0.3 is 0 Å². The van der Waals surface area contributed by atoms with Crippen LogP contribution in [0.25, 0.3) is 0 Å². The third-order valence-corrected chi connectivity index (χ3v) is 3.22. The first kappa shape index (κ1) is 11.9. The Morgan fingerprint density at radius 1 is 1.59 bits per heavy atom. The standard InChI is InChI=1S/C12H10ClFN2O/c13-10-2-1-3-11(14)9(10)7-16-8(6-15)4-5-12(16)17/h1-3,8H,4-5,7H2. The molecule has 17 heavy (non-hydrogen) atoms. The van der Waals surface area contributed by atoms with Crippen molar-refractivity contribution in [1.82, 2.24) is 4.90 Å². The Balaban J connectivity index is 2.26. The monoisotopic (exact) mass is 252 g/mol. The maximum atomic E-state index is 13.6. The van der Waals surface area contributed by atoms with E-state index in [9.17, 15) is 9.18 Å². The van der Waals surface area contributed by atoms with Crippen molar-refractivity contribution in [3.8, 4) is 6.07 Å². The van der Waals surface area contributed by atoms with E-state index in [0.717, 1.165) is 0 Å². The highest BCUT2D eigenvalue weighted by molar-refractivity contribution is 6.31. The average molecular weight is 253 g/mol. The van der Waals surface area contributed by atoms with Crippen LogP contribution in [0.4, 0.5) is 4.39 Å². The lowest BCUT2D eigenvalue weighted by Gasteiger charge is -2.20. The average Bonchev–Trinajstić information content (AvgIpc) is 2.65. The molecule has 1 heterocycles. The molecule has 0 saturated carbocycles. The van der Waals surface area contributed by atoms with Crippen LogP contribution in [0.3, 0.4) is 0 Å². The number of halogens is 2. The van der Waals surface area contributed by atoms with E-state index < -0.39 is 11.9 Å². The molecule has 88 valence electrons. The van der Waals surface area contributed by atoms with Gasteiger partial charge in [-0.3, -0.25) is 4.79 Å². The molecular weight excluding hydrogens is 243 g/mol. The molecule has 1 fully saturated rings. The summed E-state index contributed by atoms with van der Waals surface area (Å²) in [5, 5.41) is 9.18. The van der Waals surface area contributed by atoms with Crippen molar-refractivity contribution >= 4 is 17.5 Å². The molecule has 3 nitrogen and oxygen atoms in total. The quantitative estimate of drug-likeness (QED) is 0.812. The Hall–Kier alpha value is -1.60. The van der Waals surface area contributed by atoms with E-state index in [0.29, 0.717) is 12.8 Å². The van der Waals surface area contributed by atoms with Crippen LogP contribution >= 0.6 is 11.6 Å². The SMILES string of the molecule is N#CC1CCC(=O)N1Cc1c(F)cccc1Cl. The van der Waals surface area contributed by atoms with Gasteiger partial charge in [0.15, 0.2) is 0 Å². The second-order valence-electron chi connectivity index (χ2n) is 3.91. The van der Waals surface area contributed by atoms with E-state index in [1.807, 2.05) is 6.07 Å². The molecule has 0 N–H and O–H groups in total. The fraction of sp³-hybridized carbons (Fsp3) is 0.333. The molecular formula is C12H10ClFN2O. The molecule has 1 atom stereocenters. The molecule has 0 bridgehead atoms. The van der Waals surface area contributed by atoms with E-state index in [4.69, 9.17) is 16.9 Å². The van der Waals surface area contributed by atoms with Gasteiger partial charge in [0, 0.05) is 17.0 Å². The van der Waals surface area contributed by atoms with Crippen molar-refractivity contribution < 1.29 is 9.18 Å². The first-order chi connectivity index (χ1) is 8.13. The minimum atomic E-state index is -0.474. The van der Waals surface area contributed by atoms with E-state index in [1.54, 1.807) is 6.07 Å². The molecule has 1 saturated heterocycles. The Morgan fingerprint density at radius 3 is 3.00 bits per heavy atom. The third-order valence-electron chi connectivity index (χ3n) is 2.87. The number of nitriles is 1. The van der Waals surface area contributed by atoms with Crippen LogP contribution in [0.1, 0.15) is 18.4 Å². The van der Waals surface area contributed by atoms with Gasteiger partial charge in [0.1, 0.15) is 11.9 Å². The molecule has 1 unspecified atom stereocenters. The molecule has 0 aliphatic carbocycles. The van der Waals surface area contributed by atoms with Crippen molar-refractivity contribution in [3.63, 3.8) is 0 Å². The number of carbonyl (C=O) groups excluding carboxylic acids is 1. The van der Waals surface area contributed by atoms with Crippen molar-refractivity contribution in [1.29, 1.82) is 5.26 Å². The summed E-state index contributed by atoms with van der Waals surface area (Å²) >= 11 is 5.89. The van der Waals surface area contributed by atoms with Crippen molar-refractivity contribution in [2.24, 2.45) is 0 Å². The maximum absolute atomic E-state index is 13.6. The fourth-order valence-electron chi connectivity index (χ4n) is 1.92. The summed E-state index contributed by atoms with van der Waals surface area (Å²) in [6, 6.07) is 5.94. The van der Waals surface area contributed by atoms with Gasteiger partial charge in [-0.1, -0.05) is 17.7 Å². The minimum Gasteiger partial charge on any atom is -0.322 e. The van der Waals surface area contributed by atoms with E-state index >= 15 is 0 Å². The Labute approximate surface area is 103 Å². The summed E-state index contributed by atoms with van der Waals surface area (Å²) in [6.45, 7) is 0.0581. The van der Waals surface area contributed by atoms with Crippen molar-refractivity contribution in [3.05, 3.63) is 34.6 Å². The number of likely N-dealkylation sites (tertiary alicyclic amines) is 1.